The number of aliphatic carboxylic acids is 4. The van der Waals surface area contributed by atoms with Crippen LogP contribution in [0.15, 0.2) is 60.0 Å². The average Bonchev–Trinajstić information content (AvgIpc) is 3.27. The Labute approximate surface area is 207 Å². The lowest BCUT2D eigenvalue weighted by atomic mass is 9.74. The van der Waals surface area contributed by atoms with Crippen molar-refractivity contribution in [2.24, 2.45) is 16.3 Å². The standard InChI is InChI=1S/C20H25N3O.2C2H2O4/c1-17(2)20(8-10-21-11-9-20)16-23-13-12-22-19(23)15-24-14-18-6-4-3-5-7-18;2*3-1(4)2(5)6/h3-8,10-13,17H,9,14-16H2,1-2H3;2*(H,3,4)(H,5,6). The molecular formula is C24H29N3O9. The number of aromatic nitrogens is 2. The number of hydrogen-bond donors (Lipinski definition) is 4. The zero-order valence-corrected chi connectivity index (χ0v) is 19.9. The van der Waals surface area contributed by atoms with Crippen molar-refractivity contribution in [3.05, 3.63) is 66.4 Å². The van der Waals surface area contributed by atoms with Crippen LogP contribution in [0.5, 0.6) is 0 Å². The second-order valence-electron chi connectivity index (χ2n) is 7.91. The number of nitrogens with zero attached hydrogens (tertiary/aromatic N) is 3. The van der Waals surface area contributed by atoms with Crippen LogP contribution in [0.25, 0.3) is 0 Å². The van der Waals surface area contributed by atoms with Gasteiger partial charge in [-0.3, -0.25) is 4.99 Å². The molecule has 3 rings (SSSR count). The molecule has 0 saturated heterocycles. The minimum absolute atomic E-state index is 0.0939. The van der Waals surface area contributed by atoms with E-state index in [9.17, 15) is 0 Å². The Morgan fingerprint density at radius 2 is 1.56 bits per heavy atom. The number of benzene rings is 1. The second-order valence-corrected chi connectivity index (χ2v) is 7.91. The summed E-state index contributed by atoms with van der Waals surface area (Å²) >= 11 is 0. The summed E-state index contributed by atoms with van der Waals surface area (Å²) in [7, 11) is 0. The van der Waals surface area contributed by atoms with Gasteiger partial charge in [0.1, 0.15) is 12.4 Å². The molecule has 4 N–H and O–H groups in total. The fourth-order valence-electron chi connectivity index (χ4n) is 3.05. The van der Waals surface area contributed by atoms with E-state index in [2.05, 4.69) is 46.6 Å². The van der Waals surface area contributed by atoms with Gasteiger partial charge in [0.15, 0.2) is 0 Å². The van der Waals surface area contributed by atoms with E-state index >= 15 is 0 Å². The number of ether oxygens (including phenoxy) is 1. The molecule has 0 bridgehead atoms. The summed E-state index contributed by atoms with van der Waals surface area (Å²) in [6.07, 6.45) is 11.0. The Kier molecular flexibility index (Phi) is 12.2. The van der Waals surface area contributed by atoms with E-state index in [0.29, 0.717) is 19.1 Å². The molecule has 2 aromatic rings. The molecular weight excluding hydrogens is 474 g/mol. The summed E-state index contributed by atoms with van der Waals surface area (Å²) in [5.74, 6) is -5.79. The first-order chi connectivity index (χ1) is 17.0. The lowest BCUT2D eigenvalue weighted by molar-refractivity contribution is -0.159. The van der Waals surface area contributed by atoms with Gasteiger partial charge in [0.05, 0.1) is 6.61 Å². The summed E-state index contributed by atoms with van der Waals surface area (Å²) in [6.45, 7) is 6.57. The zero-order valence-electron chi connectivity index (χ0n) is 19.9. The third-order valence-electron chi connectivity index (χ3n) is 5.19. The van der Waals surface area contributed by atoms with Gasteiger partial charge in [-0.15, -0.1) is 0 Å². The highest BCUT2D eigenvalue weighted by molar-refractivity contribution is 6.27. The summed E-state index contributed by atoms with van der Waals surface area (Å²) in [4.78, 5) is 45.1. The monoisotopic (exact) mass is 503 g/mol. The van der Waals surface area contributed by atoms with Crippen molar-refractivity contribution in [2.75, 3.05) is 0 Å². The molecule has 1 unspecified atom stereocenters. The van der Waals surface area contributed by atoms with Crippen molar-refractivity contribution in [1.29, 1.82) is 0 Å². The molecule has 0 amide bonds. The van der Waals surface area contributed by atoms with Gasteiger partial charge in [0.25, 0.3) is 0 Å². The smallest absolute Gasteiger partial charge is 0.414 e. The Morgan fingerprint density at radius 1 is 0.972 bits per heavy atom. The third-order valence-corrected chi connectivity index (χ3v) is 5.19. The summed E-state index contributed by atoms with van der Waals surface area (Å²) in [5, 5.41) is 29.6. The fraction of sp³-hybridized carbons (Fsp3) is 0.333. The zero-order chi connectivity index (χ0) is 27.1. The Morgan fingerprint density at radius 3 is 2.03 bits per heavy atom. The predicted molar refractivity (Wildman–Crippen MR) is 127 cm³/mol. The second kappa shape index (κ2) is 14.8. The largest absolute Gasteiger partial charge is 0.473 e. The van der Waals surface area contributed by atoms with Gasteiger partial charge in [-0.05, 0) is 17.9 Å². The minimum Gasteiger partial charge on any atom is -0.473 e. The Bertz CT molecular complexity index is 1030. The average molecular weight is 504 g/mol. The van der Waals surface area contributed by atoms with Crippen molar-refractivity contribution in [3.63, 3.8) is 0 Å². The lowest BCUT2D eigenvalue weighted by Gasteiger charge is -2.35. The highest BCUT2D eigenvalue weighted by atomic mass is 16.5. The van der Waals surface area contributed by atoms with Crippen LogP contribution < -0.4 is 0 Å². The number of carboxylic acids is 4. The quantitative estimate of drug-likeness (QED) is 0.409. The first-order valence-electron chi connectivity index (χ1n) is 10.7. The first-order valence-corrected chi connectivity index (χ1v) is 10.7. The van der Waals surface area contributed by atoms with E-state index < -0.39 is 23.9 Å². The van der Waals surface area contributed by atoms with Crippen LogP contribution in [0.3, 0.4) is 0 Å². The van der Waals surface area contributed by atoms with Gasteiger partial charge in [-0.1, -0.05) is 50.3 Å². The number of rotatable bonds is 7. The summed E-state index contributed by atoms with van der Waals surface area (Å²) in [6, 6.07) is 10.2. The third kappa shape index (κ3) is 10.3. The van der Waals surface area contributed by atoms with Crippen molar-refractivity contribution < 1.29 is 44.3 Å². The SMILES string of the molecule is CC(C)C1(Cn2ccnc2COCc2ccccc2)C=CN=CC1.O=C(O)C(=O)O.O=C(O)C(=O)O. The van der Waals surface area contributed by atoms with Crippen LogP contribution >= 0.6 is 0 Å². The van der Waals surface area contributed by atoms with Gasteiger partial charge in [0.2, 0.25) is 0 Å². The van der Waals surface area contributed by atoms with Gasteiger partial charge >= 0.3 is 23.9 Å². The van der Waals surface area contributed by atoms with Crippen molar-refractivity contribution in [1.82, 2.24) is 9.55 Å². The molecule has 1 aliphatic heterocycles. The van der Waals surface area contributed by atoms with E-state index in [4.69, 9.17) is 44.3 Å². The van der Waals surface area contributed by atoms with Crippen LogP contribution in [0.4, 0.5) is 0 Å². The minimum atomic E-state index is -1.82. The number of carbonyl (C=O) groups is 4. The Hall–Kier alpha value is -4.32. The highest BCUT2D eigenvalue weighted by Crippen LogP contribution is 2.36. The number of allylic oxidation sites excluding steroid dienone is 1. The van der Waals surface area contributed by atoms with Crippen LogP contribution in [-0.4, -0.2) is 60.1 Å². The molecule has 36 heavy (non-hydrogen) atoms. The maximum Gasteiger partial charge on any atom is 0.414 e. The molecule has 0 radical (unpaired) electrons. The van der Waals surface area contributed by atoms with Gasteiger partial charge in [-0.2, -0.15) is 0 Å². The molecule has 12 heteroatoms. The molecule has 1 aliphatic rings. The number of imidazole rings is 1. The van der Waals surface area contributed by atoms with E-state index in [1.54, 1.807) is 0 Å². The van der Waals surface area contributed by atoms with Crippen molar-refractivity contribution in [2.45, 2.75) is 40.0 Å². The van der Waals surface area contributed by atoms with Crippen LogP contribution in [0.1, 0.15) is 31.7 Å². The van der Waals surface area contributed by atoms with Crippen LogP contribution in [0, 0.1) is 11.3 Å². The van der Waals surface area contributed by atoms with E-state index in [1.165, 1.54) is 5.56 Å². The molecule has 0 aliphatic carbocycles. The highest BCUT2D eigenvalue weighted by Gasteiger charge is 2.32. The molecule has 0 spiro atoms. The van der Waals surface area contributed by atoms with Crippen molar-refractivity contribution >= 4 is 30.1 Å². The van der Waals surface area contributed by atoms with E-state index in [1.807, 2.05) is 43.0 Å². The van der Waals surface area contributed by atoms with E-state index in [-0.39, 0.29) is 5.41 Å². The van der Waals surface area contributed by atoms with Gasteiger partial charge in [0, 0.05) is 36.8 Å². The number of aliphatic imine (C=N–C) groups is 1. The van der Waals surface area contributed by atoms with E-state index in [0.717, 1.165) is 18.8 Å². The Balaban J connectivity index is 0.000000450. The molecule has 12 nitrogen and oxygen atoms in total. The molecule has 1 aromatic carbocycles. The molecule has 0 fully saturated rings. The normalized spacial score (nSPS) is 15.8. The lowest BCUT2D eigenvalue weighted by Crippen LogP contribution is -2.32. The number of carboxylic acid groups (broad SMARTS) is 4. The van der Waals surface area contributed by atoms with Crippen molar-refractivity contribution in [3.8, 4) is 0 Å². The topological polar surface area (TPSA) is 189 Å². The summed E-state index contributed by atoms with van der Waals surface area (Å²) < 4.78 is 8.08. The molecule has 194 valence electrons. The fourth-order valence-corrected chi connectivity index (χ4v) is 3.05. The summed E-state index contributed by atoms with van der Waals surface area (Å²) in [5.41, 5.74) is 1.28. The molecule has 2 heterocycles. The molecule has 0 saturated carbocycles. The maximum absolute atomic E-state index is 9.10. The maximum atomic E-state index is 9.10. The van der Waals surface area contributed by atoms with Gasteiger partial charge < -0.3 is 29.7 Å². The molecule has 1 aromatic heterocycles. The number of hydrogen-bond acceptors (Lipinski definition) is 7. The predicted octanol–water partition coefficient (Wildman–Crippen LogP) is 2.54. The van der Waals surface area contributed by atoms with Crippen LogP contribution in [-0.2, 0) is 43.7 Å². The van der Waals surface area contributed by atoms with Gasteiger partial charge in [-0.25, -0.2) is 24.2 Å². The first kappa shape index (κ1) is 29.7. The molecule has 1 atom stereocenters. The van der Waals surface area contributed by atoms with Crippen LogP contribution in [0.2, 0.25) is 0 Å².